The molecular formula is C15H20N2S. The lowest BCUT2D eigenvalue weighted by Crippen LogP contribution is -2.39. The van der Waals surface area contributed by atoms with E-state index in [9.17, 15) is 0 Å². The minimum absolute atomic E-state index is 0.347. The fourth-order valence-electron chi connectivity index (χ4n) is 2.34. The second kappa shape index (κ2) is 6.01. The van der Waals surface area contributed by atoms with Gasteiger partial charge in [-0.15, -0.1) is 0 Å². The Morgan fingerprint density at radius 2 is 2.22 bits per heavy atom. The quantitative estimate of drug-likeness (QED) is 0.645. The summed E-state index contributed by atoms with van der Waals surface area (Å²) in [5.74, 6) is 0. The van der Waals surface area contributed by atoms with E-state index in [0.717, 1.165) is 23.7 Å². The average Bonchev–Trinajstić information content (AvgIpc) is 2.37. The van der Waals surface area contributed by atoms with E-state index in [-0.39, 0.29) is 0 Å². The van der Waals surface area contributed by atoms with E-state index in [1.807, 2.05) is 6.92 Å². The third-order valence-corrected chi connectivity index (χ3v) is 3.49. The molecule has 0 heterocycles. The molecule has 0 fully saturated rings. The van der Waals surface area contributed by atoms with Crippen LogP contribution >= 0.6 is 12.2 Å². The monoisotopic (exact) mass is 260 g/mol. The van der Waals surface area contributed by atoms with E-state index < -0.39 is 0 Å². The van der Waals surface area contributed by atoms with Crippen LogP contribution in [0.1, 0.15) is 36.9 Å². The van der Waals surface area contributed by atoms with Crippen LogP contribution in [0, 0.1) is 0 Å². The average molecular weight is 260 g/mol. The summed E-state index contributed by atoms with van der Waals surface area (Å²) in [5, 5.41) is 7.31. The van der Waals surface area contributed by atoms with Crippen molar-refractivity contribution in [1.82, 2.24) is 10.6 Å². The smallest absolute Gasteiger partial charge is 0.167 e. The van der Waals surface area contributed by atoms with Gasteiger partial charge in [0.05, 0.1) is 6.04 Å². The maximum absolute atomic E-state index is 5.32. The molecule has 1 aromatic rings. The van der Waals surface area contributed by atoms with Gasteiger partial charge in [-0.25, -0.2) is 0 Å². The Morgan fingerprint density at radius 1 is 1.44 bits per heavy atom. The number of hydrogen-bond donors (Lipinski definition) is 2. The van der Waals surface area contributed by atoms with Gasteiger partial charge in [-0.2, -0.15) is 0 Å². The van der Waals surface area contributed by atoms with Crippen molar-refractivity contribution in [3.05, 3.63) is 47.5 Å². The SMILES string of the molecule is C=C(C)CNC(=S)N[C@@H]1CCCc2ccccc21. The van der Waals surface area contributed by atoms with Crippen LogP contribution in [0.3, 0.4) is 0 Å². The van der Waals surface area contributed by atoms with E-state index in [4.69, 9.17) is 12.2 Å². The molecule has 2 nitrogen and oxygen atoms in total. The van der Waals surface area contributed by atoms with Crippen molar-refractivity contribution in [3.63, 3.8) is 0 Å². The molecule has 0 radical (unpaired) electrons. The Kier molecular flexibility index (Phi) is 4.37. The predicted molar refractivity (Wildman–Crippen MR) is 80.7 cm³/mol. The van der Waals surface area contributed by atoms with Gasteiger partial charge in [-0.1, -0.05) is 36.4 Å². The zero-order chi connectivity index (χ0) is 13.0. The van der Waals surface area contributed by atoms with Crippen LogP contribution in [0.5, 0.6) is 0 Å². The number of fused-ring (bicyclic) bond motifs is 1. The highest BCUT2D eigenvalue weighted by Crippen LogP contribution is 2.29. The first-order valence-electron chi connectivity index (χ1n) is 6.43. The minimum atomic E-state index is 0.347. The molecule has 1 aromatic carbocycles. The molecule has 2 N–H and O–H groups in total. The maximum atomic E-state index is 5.32. The fourth-order valence-corrected chi connectivity index (χ4v) is 2.56. The summed E-state index contributed by atoms with van der Waals surface area (Å²) in [5.41, 5.74) is 3.93. The lowest BCUT2D eigenvalue weighted by Gasteiger charge is -2.27. The fraction of sp³-hybridized carbons (Fsp3) is 0.400. The normalized spacial score (nSPS) is 17.7. The molecule has 18 heavy (non-hydrogen) atoms. The highest BCUT2D eigenvalue weighted by Gasteiger charge is 2.19. The minimum Gasteiger partial charge on any atom is -0.359 e. The van der Waals surface area contributed by atoms with Gasteiger partial charge in [-0.05, 0) is 49.5 Å². The third-order valence-electron chi connectivity index (χ3n) is 3.23. The first kappa shape index (κ1) is 13.1. The molecule has 0 amide bonds. The van der Waals surface area contributed by atoms with Crippen LogP contribution in [0.4, 0.5) is 0 Å². The van der Waals surface area contributed by atoms with Crippen molar-refractivity contribution < 1.29 is 0 Å². The van der Waals surface area contributed by atoms with Crippen LogP contribution in [0.25, 0.3) is 0 Å². The number of aryl methyl sites for hydroxylation is 1. The van der Waals surface area contributed by atoms with E-state index in [0.29, 0.717) is 6.04 Å². The summed E-state index contributed by atoms with van der Waals surface area (Å²) in [4.78, 5) is 0. The summed E-state index contributed by atoms with van der Waals surface area (Å²) in [6.45, 7) is 6.59. The second-order valence-electron chi connectivity index (χ2n) is 4.93. The molecule has 0 unspecified atom stereocenters. The van der Waals surface area contributed by atoms with Gasteiger partial charge in [0, 0.05) is 6.54 Å². The molecule has 1 atom stereocenters. The van der Waals surface area contributed by atoms with Gasteiger partial charge in [0.2, 0.25) is 0 Å². The van der Waals surface area contributed by atoms with Gasteiger partial charge in [-0.3, -0.25) is 0 Å². The molecule has 96 valence electrons. The van der Waals surface area contributed by atoms with E-state index in [2.05, 4.69) is 41.5 Å². The van der Waals surface area contributed by atoms with Gasteiger partial charge >= 0.3 is 0 Å². The Labute approximate surface area is 114 Å². The van der Waals surface area contributed by atoms with Crippen LogP contribution in [0.2, 0.25) is 0 Å². The lowest BCUT2D eigenvalue weighted by molar-refractivity contribution is 0.524. The maximum Gasteiger partial charge on any atom is 0.167 e. The zero-order valence-electron chi connectivity index (χ0n) is 10.8. The van der Waals surface area contributed by atoms with Crippen molar-refractivity contribution in [1.29, 1.82) is 0 Å². The van der Waals surface area contributed by atoms with Crippen molar-refractivity contribution in [2.45, 2.75) is 32.2 Å². The molecule has 1 aliphatic rings. The molecule has 0 aliphatic heterocycles. The third kappa shape index (κ3) is 3.33. The summed E-state index contributed by atoms with van der Waals surface area (Å²) in [6, 6.07) is 8.98. The van der Waals surface area contributed by atoms with Crippen LogP contribution in [0.15, 0.2) is 36.4 Å². The van der Waals surface area contributed by atoms with Crippen LogP contribution < -0.4 is 10.6 Å². The summed E-state index contributed by atoms with van der Waals surface area (Å²) < 4.78 is 0. The second-order valence-corrected chi connectivity index (χ2v) is 5.34. The van der Waals surface area contributed by atoms with Gasteiger partial charge in [0.25, 0.3) is 0 Å². The molecule has 1 aliphatic carbocycles. The number of thiocarbonyl (C=S) groups is 1. The predicted octanol–water partition coefficient (Wildman–Crippen LogP) is 3.10. The van der Waals surface area contributed by atoms with Crippen molar-refractivity contribution in [2.24, 2.45) is 0 Å². The Morgan fingerprint density at radius 3 is 3.00 bits per heavy atom. The van der Waals surface area contributed by atoms with E-state index in [1.165, 1.54) is 24.0 Å². The number of benzene rings is 1. The molecule has 2 rings (SSSR count). The Balaban J connectivity index is 1.98. The molecule has 3 heteroatoms. The molecule has 0 saturated carbocycles. The molecule has 0 spiro atoms. The van der Waals surface area contributed by atoms with Crippen molar-refractivity contribution in [2.75, 3.05) is 6.54 Å². The molecular weight excluding hydrogens is 240 g/mol. The van der Waals surface area contributed by atoms with Gasteiger partial charge < -0.3 is 10.6 Å². The largest absolute Gasteiger partial charge is 0.359 e. The van der Waals surface area contributed by atoms with Gasteiger partial charge in [0.15, 0.2) is 5.11 Å². The van der Waals surface area contributed by atoms with E-state index in [1.54, 1.807) is 0 Å². The van der Waals surface area contributed by atoms with Crippen molar-refractivity contribution >= 4 is 17.3 Å². The Bertz CT molecular complexity index is 454. The summed E-state index contributed by atoms with van der Waals surface area (Å²) in [6.07, 6.45) is 3.55. The van der Waals surface area contributed by atoms with Crippen LogP contribution in [-0.2, 0) is 6.42 Å². The topological polar surface area (TPSA) is 24.1 Å². The van der Waals surface area contributed by atoms with Crippen LogP contribution in [-0.4, -0.2) is 11.7 Å². The molecule has 0 saturated heterocycles. The Hall–Kier alpha value is -1.35. The van der Waals surface area contributed by atoms with Gasteiger partial charge in [0.1, 0.15) is 0 Å². The van der Waals surface area contributed by atoms with E-state index >= 15 is 0 Å². The van der Waals surface area contributed by atoms with Crippen molar-refractivity contribution in [3.8, 4) is 0 Å². The zero-order valence-corrected chi connectivity index (χ0v) is 11.6. The highest BCUT2D eigenvalue weighted by atomic mass is 32.1. The highest BCUT2D eigenvalue weighted by molar-refractivity contribution is 7.80. The lowest BCUT2D eigenvalue weighted by atomic mass is 9.88. The number of hydrogen-bond acceptors (Lipinski definition) is 1. The number of rotatable bonds is 3. The molecule has 0 bridgehead atoms. The summed E-state index contributed by atoms with van der Waals surface area (Å²) >= 11 is 5.32. The number of nitrogens with one attached hydrogen (secondary N) is 2. The first-order chi connectivity index (χ1) is 8.66. The standard InChI is InChI=1S/C15H20N2S/c1-11(2)10-16-15(18)17-14-9-5-7-12-6-3-4-8-13(12)14/h3-4,6,8,14H,1,5,7,9-10H2,2H3,(H2,16,17,18)/t14-/m1/s1. The first-order valence-corrected chi connectivity index (χ1v) is 6.84. The summed E-state index contributed by atoms with van der Waals surface area (Å²) in [7, 11) is 0. The molecule has 0 aromatic heterocycles.